The maximum Gasteiger partial charge on any atom is 0.0822 e. The number of halogens is 1. The van der Waals surface area contributed by atoms with E-state index in [0.29, 0.717) is 6.04 Å². The van der Waals surface area contributed by atoms with Crippen molar-refractivity contribution in [3.8, 4) is 0 Å². The molecule has 3 rings (SSSR count). The van der Waals surface area contributed by atoms with Gasteiger partial charge in [-0.2, -0.15) is 0 Å². The average molecular weight is 266 g/mol. The molecule has 1 saturated carbocycles. The lowest BCUT2D eigenvalue weighted by Crippen LogP contribution is -2.38. The zero-order valence-corrected chi connectivity index (χ0v) is 11.4. The largest absolute Gasteiger partial charge is 0.368 e. The standard InChI is InChI=1S/C14H20ClN3/c15-13-8-16-7-5-14(13)18(9-11-3-4-11)10-12-2-1-6-17-12/h5,7-8,11-12,17H,1-4,6,9-10H2. The highest BCUT2D eigenvalue weighted by molar-refractivity contribution is 6.33. The van der Waals surface area contributed by atoms with E-state index in [1.165, 1.54) is 25.7 Å². The minimum Gasteiger partial charge on any atom is -0.368 e. The molecule has 3 nitrogen and oxygen atoms in total. The van der Waals surface area contributed by atoms with E-state index in [1.54, 1.807) is 6.20 Å². The Kier molecular flexibility index (Phi) is 3.71. The van der Waals surface area contributed by atoms with Crippen LogP contribution in [-0.4, -0.2) is 30.7 Å². The molecule has 1 aliphatic heterocycles. The first-order chi connectivity index (χ1) is 8.83. The molecule has 0 aromatic carbocycles. The smallest absolute Gasteiger partial charge is 0.0822 e. The van der Waals surface area contributed by atoms with Gasteiger partial charge in [-0.1, -0.05) is 11.6 Å². The normalized spacial score (nSPS) is 23.3. The number of hydrogen-bond acceptors (Lipinski definition) is 3. The molecule has 1 unspecified atom stereocenters. The molecule has 0 spiro atoms. The highest BCUT2D eigenvalue weighted by atomic mass is 35.5. The van der Waals surface area contributed by atoms with Crippen molar-refractivity contribution in [2.45, 2.75) is 31.7 Å². The fourth-order valence-electron chi connectivity index (χ4n) is 2.69. The monoisotopic (exact) mass is 265 g/mol. The van der Waals surface area contributed by atoms with E-state index in [2.05, 4.69) is 15.2 Å². The quantitative estimate of drug-likeness (QED) is 0.887. The molecule has 2 fully saturated rings. The van der Waals surface area contributed by atoms with E-state index in [4.69, 9.17) is 11.6 Å². The molecule has 0 radical (unpaired) electrons. The number of nitrogens with zero attached hydrogens (tertiary/aromatic N) is 2. The molecule has 1 aliphatic carbocycles. The van der Waals surface area contributed by atoms with Crippen LogP contribution in [0.3, 0.4) is 0 Å². The number of nitrogens with one attached hydrogen (secondary N) is 1. The lowest BCUT2D eigenvalue weighted by molar-refractivity contribution is 0.570. The average Bonchev–Trinajstić information content (AvgIpc) is 3.03. The minimum atomic E-state index is 0.619. The maximum atomic E-state index is 6.28. The van der Waals surface area contributed by atoms with Crippen LogP contribution < -0.4 is 10.2 Å². The fraction of sp³-hybridized carbons (Fsp3) is 0.643. The van der Waals surface area contributed by atoms with Crippen molar-refractivity contribution in [3.05, 3.63) is 23.5 Å². The van der Waals surface area contributed by atoms with Crippen LogP contribution in [0.4, 0.5) is 5.69 Å². The molecule has 1 N–H and O–H groups in total. The van der Waals surface area contributed by atoms with Crippen LogP contribution in [0.15, 0.2) is 18.5 Å². The molecular weight excluding hydrogens is 246 g/mol. The van der Waals surface area contributed by atoms with Crippen molar-refractivity contribution in [2.75, 3.05) is 24.5 Å². The third-order valence-electron chi connectivity index (χ3n) is 3.87. The third-order valence-corrected chi connectivity index (χ3v) is 4.16. The lowest BCUT2D eigenvalue weighted by Gasteiger charge is -2.28. The van der Waals surface area contributed by atoms with Crippen molar-refractivity contribution in [1.29, 1.82) is 0 Å². The summed E-state index contributed by atoms with van der Waals surface area (Å²) in [7, 11) is 0. The summed E-state index contributed by atoms with van der Waals surface area (Å²) in [4.78, 5) is 6.53. The Hall–Kier alpha value is -0.800. The van der Waals surface area contributed by atoms with Gasteiger partial charge in [-0.05, 0) is 44.2 Å². The number of rotatable bonds is 5. The summed E-state index contributed by atoms with van der Waals surface area (Å²) >= 11 is 6.28. The van der Waals surface area contributed by atoms with Gasteiger partial charge in [0.25, 0.3) is 0 Å². The van der Waals surface area contributed by atoms with Crippen LogP contribution >= 0.6 is 11.6 Å². The summed E-state index contributed by atoms with van der Waals surface area (Å²) in [5.41, 5.74) is 1.15. The predicted octanol–water partition coefficient (Wildman–Crippen LogP) is 2.70. The third kappa shape index (κ3) is 2.96. The first-order valence-corrected chi connectivity index (χ1v) is 7.28. The lowest BCUT2D eigenvalue weighted by atomic mass is 10.2. The molecule has 2 aliphatic rings. The summed E-state index contributed by atoms with van der Waals surface area (Å²) in [5, 5.41) is 4.34. The van der Waals surface area contributed by atoms with Crippen molar-refractivity contribution in [1.82, 2.24) is 10.3 Å². The Morgan fingerprint density at radius 3 is 2.89 bits per heavy atom. The summed E-state index contributed by atoms with van der Waals surface area (Å²) in [5.74, 6) is 0.871. The predicted molar refractivity (Wildman–Crippen MR) is 75.2 cm³/mol. The highest BCUT2D eigenvalue weighted by Gasteiger charge is 2.27. The van der Waals surface area contributed by atoms with Gasteiger partial charge in [0.2, 0.25) is 0 Å². The molecule has 18 heavy (non-hydrogen) atoms. The Bertz CT molecular complexity index is 400. The van der Waals surface area contributed by atoms with Gasteiger partial charge in [-0.15, -0.1) is 0 Å². The van der Waals surface area contributed by atoms with Gasteiger partial charge < -0.3 is 10.2 Å². The molecular formula is C14H20ClN3. The van der Waals surface area contributed by atoms with E-state index in [-0.39, 0.29) is 0 Å². The summed E-state index contributed by atoms with van der Waals surface area (Å²) in [6, 6.07) is 2.66. The van der Waals surface area contributed by atoms with Gasteiger partial charge in [0, 0.05) is 31.5 Å². The first kappa shape index (κ1) is 12.2. The Morgan fingerprint density at radius 2 is 2.22 bits per heavy atom. The van der Waals surface area contributed by atoms with Crippen LogP contribution in [0.25, 0.3) is 0 Å². The van der Waals surface area contributed by atoms with Gasteiger partial charge >= 0.3 is 0 Å². The SMILES string of the molecule is Clc1cnccc1N(CC1CC1)CC1CCCN1. The summed E-state index contributed by atoms with van der Waals surface area (Å²) < 4.78 is 0. The van der Waals surface area contributed by atoms with Crippen LogP contribution in [0.2, 0.25) is 5.02 Å². The van der Waals surface area contributed by atoms with E-state index < -0.39 is 0 Å². The molecule has 1 aromatic rings. The molecule has 4 heteroatoms. The molecule has 1 atom stereocenters. The van der Waals surface area contributed by atoms with Crippen molar-refractivity contribution >= 4 is 17.3 Å². The van der Waals surface area contributed by atoms with E-state index in [0.717, 1.165) is 36.3 Å². The number of aromatic nitrogens is 1. The Morgan fingerprint density at radius 1 is 1.33 bits per heavy atom. The van der Waals surface area contributed by atoms with Crippen molar-refractivity contribution in [2.24, 2.45) is 5.92 Å². The van der Waals surface area contributed by atoms with Crippen LogP contribution in [0.1, 0.15) is 25.7 Å². The zero-order valence-electron chi connectivity index (χ0n) is 10.6. The summed E-state index contributed by atoms with van der Waals surface area (Å²) in [6.07, 6.45) is 8.91. The molecule has 1 saturated heterocycles. The van der Waals surface area contributed by atoms with Gasteiger partial charge in [0.05, 0.1) is 10.7 Å². The number of hydrogen-bond donors (Lipinski definition) is 1. The van der Waals surface area contributed by atoms with Crippen LogP contribution in [0, 0.1) is 5.92 Å². The number of pyridine rings is 1. The topological polar surface area (TPSA) is 28.2 Å². The molecule has 2 heterocycles. The number of anilines is 1. The van der Waals surface area contributed by atoms with E-state index in [1.807, 2.05) is 12.3 Å². The first-order valence-electron chi connectivity index (χ1n) is 6.91. The van der Waals surface area contributed by atoms with E-state index in [9.17, 15) is 0 Å². The van der Waals surface area contributed by atoms with E-state index >= 15 is 0 Å². The highest BCUT2D eigenvalue weighted by Crippen LogP contribution is 2.33. The Labute approximate surface area is 114 Å². The van der Waals surface area contributed by atoms with Crippen molar-refractivity contribution < 1.29 is 0 Å². The van der Waals surface area contributed by atoms with Gasteiger partial charge in [0.15, 0.2) is 0 Å². The molecule has 0 amide bonds. The van der Waals surface area contributed by atoms with Gasteiger partial charge in [-0.3, -0.25) is 4.98 Å². The molecule has 0 bridgehead atoms. The second-order valence-corrected chi connectivity index (χ2v) is 5.88. The van der Waals surface area contributed by atoms with Gasteiger partial charge in [0.1, 0.15) is 0 Å². The molecule has 1 aromatic heterocycles. The van der Waals surface area contributed by atoms with Crippen LogP contribution in [-0.2, 0) is 0 Å². The Balaban J connectivity index is 1.73. The maximum absolute atomic E-state index is 6.28. The van der Waals surface area contributed by atoms with Gasteiger partial charge in [-0.25, -0.2) is 0 Å². The fourth-order valence-corrected chi connectivity index (χ4v) is 2.93. The molecule has 98 valence electrons. The second-order valence-electron chi connectivity index (χ2n) is 5.47. The van der Waals surface area contributed by atoms with Crippen LogP contribution in [0.5, 0.6) is 0 Å². The zero-order chi connectivity index (χ0) is 12.4. The minimum absolute atomic E-state index is 0.619. The second kappa shape index (κ2) is 5.45. The summed E-state index contributed by atoms with van der Waals surface area (Å²) in [6.45, 7) is 3.37. The van der Waals surface area contributed by atoms with Crippen molar-refractivity contribution in [3.63, 3.8) is 0 Å².